The van der Waals surface area contributed by atoms with Crippen molar-refractivity contribution in [2.75, 3.05) is 0 Å². The Balaban J connectivity index is 1.48. The molecule has 0 saturated heterocycles. The van der Waals surface area contributed by atoms with Gasteiger partial charge >= 0.3 is 0 Å². The molecule has 0 spiro atoms. The third-order valence-corrected chi connectivity index (χ3v) is 7.14. The van der Waals surface area contributed by atoms with Gasteiger partial charge in [0.25, 0.3) is 0 Å². The highest BCUT2D eigenvalue weighted by molar-refractivity contribution is 6.14. The van der Waals surface area contributed by atoms with Crippen molar-refractivity contribution in [1.29, 1.82) is 0 Å². The molecule has 1 nitrogen and oxygen atoms in total. The van der Waals surface area contributed by atoms with Gasteiger partial charge in [-0.15, -0.1) is 0 Å². The first kappa shape index (κ1) is 21.4. The lowest BCUT2D eigenvalue weighted by Crippen LogP contribution is -1.91. The second-order valence-electron chi connectivity index (χ2n) is 9.28. The largest absolute Gasteiger partial charge is 0.456 e. The molecule has 1 heterocycles. The van der Waals surface area contributed by atoms with Gasteiger partial charge in [0.05, 0.1) is 0 Å². The van der Waals surface area contributed by atoms with Crippen molar-refractivity contribution in [3.05, 3.63) is 146 Å². The second kappa shape index (κ2) is 8.96. The first-order valence-electron chi connectivity index (χ1n) is 12.6. The maximum absolute atomic E-state index is 6.22. The highest BCUT2D eigenvalue weighted by Crippen LogP contribution is 2.44. The van der Waals surface area contributed by atoms with Gasteiger partial charge in [0.2, 0.25) is 0 Å². The zero-order chi connectivity index (χ0) is 24.6. The van der Waals surface area contributed by atoms with E-state index in [1.807, 2.05) is 12.1 Å². The van der Waals surface area contributed by atoms with Crippen LogP contribution in [0.1, 0.15) is 0 Å². The molecule has 1 heteroatoms. The SMILES string of the molecule is c1ccc(-c2ccccc2-c2ccccc2-c2ccccc2-c2cccc3oc4ccccc4c23)cc1. The number of rotatable bonds is 4. The molecule has 0 unspecified atom stereocenters. The van der Waals surface area contributed by atoms with Crippen LogP contribution in [0.25, 0.3) is 66.4 Å². The number of hydrogen-bond acceptors (Lipinski definition) is 1. The van der Waals surface area contributed by atoms with E-state index in [0.717, 1.165) is 21.9 Å². The lowest BCUT2D eigenvalue weighted by atomic mass is 9.86. The predicted molar refractivity (Wildman–Crippen MR) is 155 cm³/mol. The van der Waals surface area contributed by atoms with Crippen LogP contribution in [0, 0.1) is 0 Å². The molecule has 1 aromatic heterocycles. The number of furan rings is 1. The van der Waals surface area contributed by atoms with Crippen LogP contribution in [0.3, 0.4) is 0 Å². The van der Waals surface area contributed by atoms with Crippen LogP contribution in [0.15, 0.2) is 150 Å². The Bertz CT molecular complexity index is 1870. The van der Waals surface area contributed by atoms with Gasteiger partial charge in [-0.3, -0.25) is 0 Å². The van der Waals surface area contributed by atoms with E-state index in [4.69, 9.17) is 4.42 Å². The molecule has 0 saturated carbocycles. The zero-order valence-electron chi connectivity index (χ0n) is 20.3. The minimum Gasteiger partial charge on any atom is -0.456 e. The van der Waals surface area contributed by atoms with Gasteiger partial charge in [-0.2, -0.15) is 0 Å². The molecule has 0 bridgehead atoms. The van der Waals surface area contributed by atoms with Gasteiger partial charge in [-0.05, 0) is 56.6 Å². The van der Waals surface area contributed by atoms with Crippen molar-refractivity contribution >= 4 is 21.9 Å². The number of fused-ring (bicyclic) bond motifs is 3. The minimum absolute atomic E-state index is 0.913. The molecule has 0 aliphatic rings. The molecule has 174 valence electrons. The summed E-state index contributed by atoms with van der Waals surface area (Å²) in [5, 5.41) is 2.30. The molecule has 0 fully saturated rings. The highest BCUT2D eigenvalue weighted by Gasteiger charge is 2.18. The molecule has 6 aromatic carbocycles. The van der Waals surface area contributed by atoms with Crippen LogP contribution in [0.5, 0.6) is 0 Å². The molecule has 0 radical (unpaired) electrons. The summed E-state index contributed by atoms with van der Waals surface area (Å²) in [6.45, 7) is 0. The third kappa shape index (κ3) is 3.64. The van der Waals surface area contributed by atoms with Crippen molar-refractivity contribution in [3.8, 4) is 44.5 Å². The van der Waals surface area contributed by atoms with Gasteiger partial charge < -0.3 is 4.42 Å². The summed E-state index contributed by atoms with van der Waals surface area (Å²) in [5.74, 6) is 0. The Morgan fingerprint density at radius 1 is 0.297 bits per heavy atom. The standard InChI is InChI=1S/C36H24O/c1-2-13-25(14-3-1)26-15-4-5-16-27(26)28-17-6-7-18-29(28)30-19-8-9-20-31(30)32-22-12-24-35-36(32)33-21-10-11-23-34(33)37-35/h1-24H. The van der Waals surface area contributed by atoms with Gasteiger partial charge in [-0.1, -0.05) is 133 Å². The summed E-state index contributed by atoms with van der Waals surface area (Å²) >= 11 is 0. The van der Waals surface area contributed by atoms with Gasteiger partial charge in [0.15, 0.2) is 0 Å². The summed E-state index contributed by atoms with van der Waals surface area (Å²) in [6, 6.07) is 51.4. The smallest absolute Gasteiger partial charge is 0.136 e. The zero-order valence-corrected chi connectivity index (χ0v) is 20.3. The molecule has 7 aromatic rings. The molecule has 0 aliphatic heterocycles. The minimum atomic E-state index is 0.913. The fourth-order valence-electron chi connectivity index (χ4n) is 5.49. The van der Waals surface area contributed by atoms with Gasteiger partial charge in [-0.25, -0.2) is 0 Å². The Morgan fingerprint density at radius 3 is 1.38 bits per heavy atom. The summed E-state index contributed by atoms with van der Waals surface area (Å²) in [6.07, 6.45) is 0. The molecule has 0 aliphatic carbocycles. The van der Waals surface area contributed by atoms with Crippen molar-refractivity contribution in [1.82, 2.24) is 0 Å². The third-order valence-electron chi connectivity index (χ3n) is 7.14. The van der Waals surface area contributed by atoms with Gasteiger partial charge in [0, 0.05) is 10.8 Å². The second-order valence-corrected chi connectivity index (χ2v) is 9.28. The van der Waals surface area contributed by atoms with Crippen molar-refractivity contribution in [2.24, 2.45) is 0 Å². The summed E-state index contributed by atoms with van der Waals surface area (Å²) in [7, 11) is 0. The Labute approximate surface area is 216 Å². The van der Waals surface area contributed by atoms with Crippen molar-refractivity contribution in [2.45, 2.75) is 0 Å². The first-order chi connectivity index (χ1) is 18.4. The molecular weight excluding hydrogens is 448 g/mol. The van der Waals surface area contributed by atoms with E-state index >= 15 is 0 Å². The van der Waals surface area contributed by atoms with Gasteiger partial charge in [0.1, 0.15) is 11.2 Å². The lowest BCUT2D eigenvalue weighted by Gasteiger charge is -2.17. The number of benzene rings is 6. The maximum Gasteiger partial charge on any atom is 0.136 e. The van der Waals surface area contributed by atoms with E-state index in [1.54, 1.807) is 0 Å². The van der Waals surface area contributed by atoms with Crippen LogP contribution < -0.4 is 0 Å². The Morgan fingerprint density at radius 2 is 0.730 bits per heavy atom. The van der Waals surface area contributed by atoms with Crippen LogP contribution in [-0.2, 0) is 0 Å². The number of hydrogen-bond donors (Lipinski definition) is 0. The van der Waals surface area contributed by atoms with Crippen LogP contribution in [0.2, 0.25) is 0 Å². The first-order valence-corrected chi connectivity index (χ1v) is 12.6. The molecule has 0 amide bonds. The summed E-state index contributed by atoms with van der Waals surface area (Å²) in [4.78, 5) is 0. The summed E-state index contributed by atoms with van der Waals surface area (Å²) < 4.78 is 6.22. The van der Waals surface area contributed by atoms with Crippen LogP contribution >= 0.6 is 0 Å². The van der Waals surface area contributed by atoms with Crippen LogP contribution in [-0.4, -0.2) is 0 Å². The lowest BCUT2D eigenvalue weighted by molar-refractivity contribution is 0.669. The van der Waals surface area contributed by atoms with Crippen molar-refractivity contribution < 1.29 is 4.42 Å². The average Bonchev–Trinajstić information content (AvgIpc) is 3.37. The molecular formula is C36H24O. The molecule has 7 rings (SSSR count). The monoisotopic (exact) mass is 472 g/mol. The molecule has 0 atom stereocenters. The summed E-state index contributed by atoms with van der Waals surface area (Å²) in [5.41, 5.74) is 11.5. The molecule has 0 N–H and O–H groups in total. The van der Waals surface area contributed by atoms with E-state index in [1.165, 1.54) is 44.5 Å². The Hall–Kier alpha value is -4.88. The van der Waals surface area contributed by atoms with E-state index in [-0.39, 0.29) is 0 Å². The number of para-hydroxylation sites is 1. The normalized spacial score (nSPS) is 11.2. The highest BCUT2D eigenvalue weighted by atomic mass is 16.3. The van der Waals surface area contributed by atoms with E-state index in [2.05, 4.69) is 133 Å². The van der Waals surface area contributed by atoms with E-state index in [9.17, 15) is 0 Å². The van der Waals surface area contributed by atoms with E-state index < -0.39 is 0 Å². The fourth-order valence-corrected chi connectivity index (χ4v) is 5.49. The Kier molecular flexibility index (Phi) is 5.19. The predicted octanol–water partition coefficient (Wildman–Crippen LogP) is 10.3. The topological polar surface area (TPSA) is 13.1 Å². The molecule has 37 heavy (non-hydrogen) atoms. The van der Waals surface area contributed by atoms with Crippen molar-refractivity contribution in [3.63, 3.8) is 0 Å². The quantitative estimate of drug-likeness (QED) is 0.248. The fraction of sp³-hybridized carbons (Fsp3) is 0. The average molecular weight is 473 g/mol. The van der Waals surface area contributed by atoms with E-state index in [0.29, 0.717) is 0 Å². The maximum atomic E-state index is 6.22. The van der Waals surface area contributed by atoms with Crippen LogP contribution in [0.4, 0.5) is 0 Å².